The molecule has 1 aromatic heterocycles. The summed E-state index contributed by atoms with van der Waals surface area (Å²) in [5.74, 6) is -0.0283. The van der Waals surface area contributed by atoms with Crippen molar-refractivity contribution in [2.45, 2.75) is 70.2 Å². The molecule has 3 fully saturated rings. The van der Waals surface area contributed by atoms with Crippen LogP contribution in [0.3, 0.4) is 0 Å². The molecule has 4 heterocycles. The predicted octanol–water partition coefficient (Wildman–Crippen LogP) is 1.42. The quantitative estimate of drug-likeness (QED) is 0.848. The summed E-state index contributed by atoms with van der Waals surface area (Å²) in [4.78, 5) is 31.8. The molecule has 3 aliphatic heterocycles. The Hall–Kier alpha value is -2.09. The van der Waals surface area contributed by atoms with Gasteiger partial charge in [-0.05, 0) is 46.0 Å². The second-order valence-electron chi connectivity index (χ2n) is 8.85. The van der Waals surface area contributed by atoms with Crippen LogP contribution in [-0.4, -0.2) is 87.3 Å². The van der Waals surface area contributed by atoms with Crippen molar-refractivity contribution in [3.8, 4) is 0 Å². The molecule has 0 spiro atoms. The van der Waals surface area contributed by atoms with Gasteiger partial charge in [0.2, 0.25) is 0 Å². The molecule has 2 amide bonds. The highest BCUT2D eigenvalue weighted by molar-refractivity contribution is 5.94. The second-order valence-corrected chi connectivity index (χ2v) is 8.85. The number of hydrogen-bond donors (Lipinski definition) is 1. The normalized spacial score (nSPS) is 28.2. The largest absolute Gasteiger partial charge is 0.442 e. The van der Waals surface area contributed by atoms with Crippen molar-refractivity contribution in [2.24, 2.45) is 0 Å². The first-order valence-corrected chi connectivity index (χ1v) is 10.6. The van der Waals surface area contributed by atoms with E-state index in [2.05, 4.69) is 28.9 Å². The Morgan fingerprint density at radius 1 is 1.21 bits per heavy atom. The molecule has 0 aromatic carbocycles. The third-order valence-electron chi connectivity index (χ3n) is 6.98. The lowest BCUT2D eigenvalue weighted by molar-refractivity contribution is 0.0668. The van der Waals surface area contributed by atoms with Crippen molar-refractivity contribution in [2.75, 3.05) is 26.2 Å². The smallest absolute Gasteiger partial charge is 0.410 e. The van der Waals surface area contributed by atoms with Crippen molar-refractivity contribution >= 4 is 12.0 Å². The van der Waals surface area contributed by atoms with E-state index in [1.807, 2.05) is 9.80 Å². The van der Waals surface area contributed by atoms with E-state index in [9.17, 15) is 9.59 Å². The summed E-state index contributed by atoms with van der Waals surface area (Å²) < 4.78 is 5.67. The monoisotopic (exact) mass is 387 g/mol. The number of aromatic amines is 1. The maximum Gasteiger partial charge on any atom is 0.410 e. The lowest BCUT2D eigenvalue weighted by Crippen LogP contribution is -2.51. The highest BCUT2D eigenvalue weighted by Gasteiger charge is 2.51. The van der Waals surface area contributed by atoms with Crippen molar-refractivity contribution in [3.05, 3.63) is 17.0 Å². The van der Waals surface area contributed by atoms with Gasteiger partial charge in [0.15, 0.2) is 5.69 Å². The van der Waals surface area contributed by atoms with Gasteiger partial charge in [0.25, 0.3) is 5.91 Å². The molecule has 0 unspecified atom stereocenters. The van der Waals surface area contributed by atoms with E-state index >= 15 is 0 Å². The number of carbonyl (C=O) groups is 2. The Morgan fingerprint density at radius 3 is 2.75 bits per heavy atom. The van der Waals surface area contributed by atoms with Gasteiger partial charge in [-0.1, -0.05) is 0 Å². The molecular weight excluding hydrogens is 358 g/mol. The summed E-state index contributed by atoms with van der Waals surface area (Å²) in [7, 11) is 0. The summed E-state index contributed by atoms with van der Waals surface area (Å²) in [6.45, 7) is 7.45. The number of aromatic nitrogens is 2. The lowest BCUT2D eigenvalue weighted by Gasteiger charge is -2.39. The Balaban J connectivity index is 1.28. The zero-order valence-corrected chi connectivity index (χ0v) is 16.7. The van der Waals surface area contributed by atoms with E-state index in [-0.39, 0.29) is 30.2 Å². The molecule has 1 N–H and O–H groups in total. The fourth-order valence-electron chi connectivity index (χ4n) is 5.38. The average Bonchev–Trinajstić information content (AvgIpc) is 3.41. The zero-order chi connectivity index (χ0) is 19.4. The molecule has 1 aromatic rings. The number of likely N-dealkylation sites (tertiary alicyclic amines) is 2. The minimum atomic E-state index is -0.216. The number of piperidine rings is 1. The molecule has 3 saturated heterocycles. The fraction of sp³-hybridized carbons (Fsp3) is 0.750. The number of nitrogens with one attached hydrogen (secondary N) is 1. The van der Waals surface area contributed by atoms with Gasteiger partial charge in [0.05, 0.1) is 12.6 Å². The van der Waals surface area contributed by atoms with Gasteiger partial charge < -0.3 is 14.5 Å². The first-order valence-electron chi connectivity index (χ1n) is 10.6. The van der Waals surface area contributed by atoms with E-state index in [0.717, 1.165) is 56.5 Å². The summed E-state index contributed by atoms with van der Waals surface area (Å²) >= 11 is 0. The first kappa shape index (κ1) is 18.0. The van der Waals surface area contributed by atoms with Gasteiger partial charge in [0, 0.05) is 43.0 Å². The fourth-order valence-corrected chi connectivity index (χ4v) is 5.38. The molecule has 1 aliphatic carbocycles. The number of hydrogen-bond acceptors (Lipinski definition) is 5. The Labute approximate surface area is 165 Å². The van der Waals surface area contributed by atoms with E-state index in [1.54, 1.807) is 0 Å². The SMILES string of the molecule is CC(C)N1CCC(N2C(=O)O[C@H]3CN(C(=O)c4n[nH]c5c4CCC5)C[C@H]32)CC1. The van der Waals surface area contributed by atoms with Crippen molar-refractivity contribution < 1.29 is 14.3 Å². The number of carbonyl (C=O) groups excluding carboxylic acids is 2. The lowest BCUT2D eigenvalue weighted by atomic mass is 10.0. The summed E-state index contributed by atoms with van der Waals surface area (Å²) in [6, 6.07) is 0.718. The van der Waals surface area contributed by atoms with Crippen LogP contribution in [0.5, 0.6) is 0 Å². The van der Waals surface area contributed by atoms with E-state index in [1.165, 1.54) is 0 Å². The van der Waals surface area contributed by atoms with Crippen LogP contribution in [-0.2, 0) is 17.6 Å². The van der Waals surface area contributed by atoms with Gasteiger partial charge in [-0.3, -0.25) is 14.8 Å². The number of fused-ring (bicyclic) bond motifs is 2. The number of ether oxygens (including phenoxy) is 1. The minimum absolute atomic E-state index is 0.0283. The van der Waals surface area contributed by atoms with Gasteiger partial charge >= 0.3 is 6.09 Å². The van der Waals surface area contributed by atoms with E-state index in [0.29, 0.717) is 24.8 Å². The molecule has 5 rings (SSSR count). The van der Waals surface area contributed by atoms with Crippen molar-refractivity contribution in [1.29, 1.82) is 0 Å². The van der Waals surface area contributed by atoms with Crippen LogP contribution in [0.25, 0.3) is 0 Å². The maximum atomic E-state index is 13.1. The Bertz CT molecular complexity index is 783. The van der Waals surface area contributed by atoms with Crippen molar-refractivity contribution in [3.63, 3.8) is 0 Å². The number of rotatable bonds is 3. The summed E-state index contributed by atoms with van der Waals surface area (Å²) in [5, 5.41) is 7.31. The van der Waals surface area contributed by atoms with Gasteiger partial charge in [-0.15, -0.1) is 0 Å². The molecule has 152 valence electrons. The minimum Gasteiger partial charge on any atom is -0.442 e. The second kappa shape index (κ2) is 6.76. The molecule has 4 aliphatic rings. The zero-order valence-electron chi connectivity index (χ0n) is 16.7. The average molecular weight is 387 g/mol. The molecule has 8 nitrogen and oxygen atoms in total. The molecule has 0 bridgehead atoms. The van der Waals surface area contributed by atoms with Crippen LogP contribution < -0.4 is 0 Å². The molecule has 2 atom stereocenters. The summed E-state index contributed by atoms with van der Waals surface area (Å²) in [6.07, 6.45) is 4.49. The van der Waals surface area contributed by atoms with Crippen LogP contribution in [0.1, 0.15) is 54.9 Å². The highest BCUT2D eigenvalue weighted by atomic mass is 16.6. The number of amides is 2. The third-order valence-corrected chi connectivity index (χ3v) is 6.98. The van der Waals surface area contributed by atoms with Crippen LogP contribution in [0, 0.1) is 0 Å². The Morgan fingerprint density at radius 2 is 2.00 bits per heavy atom. The van der Waals surface area contributed by atoms with Crippen LogP contribution in [0.15, 0.2) is 0 Å². The third kappa shape index (κ3) is 2.80. The van der Waals surface area contributed by atoms with Gasteiger partial charge in [-0.25, -0.2) is 4.79 Å². The molecule has 8 heteroatoms. The number of nitrogens with zero attached hydrogens (tertiary/aromatic N) is 4. The standard InChI is InChI=1S/C20H29N5O3/c1-12(2)23-8-6-13(7-9-23)25-16-10-24(11-17(16)28-20(25)27)19(26)18-14-4-3-5-15(14)21-22-18/h12-13,16-17H,3-11H2,1-2H3,(H,21,22)/t16-,17+/m1/s1. The predicted molar refractivity (Wildman–Crippen MR) is 102 cm³/mol. The van der Waals surface area contributed by atoms with Gasteiger partial charge in [-0.2, -0.15) is 5.10 Å². The maximum absolute atomic E-state index is 13.1. The van der Waals surface area contributed by atoms with E-state index < -0.39 is 0 Å². The number of aryl methyl sites for hydroxylation is 1. The van der Waals surface area contributed by atoms with Crippen LogP contribution >= 0.6 is 0 Å². The molecule has 28 heavy (non-hydrogen) atoms. The van der Waals surface area contributed by atoms with Crippen LogP contribution in [0.4, 0.5) is 4.79 Å². The number of H-pyrrole nitrogens is 1. The Kier molecular flexibility index (Phi) is 4.34. The van der Waals surface area contributed by atoms with E-state index in [4.69, 9.17) is 4.74 Å². The highest BCUT2D eigenvalue weighted by Crippen LogP contribution is 2.33. The first-order chi connectivity index (χ1) is 13.5. The topological polar surface area (TPSA) is 81.8 Å². The molecule has 0 saturated carbocycles. The van der Waals surface area contributed by atoms with Crippen molar-refractivity contribution in [1.82, 2.24) is 24.9 Å². The molecule has 0 radical (unpaired) electrons. The van der Waals surface area contributed by atoms with Gasteiger partial charge in [0.1, 0.15) is 6.10 Å². The molecular formula is C20H29N5O3. The van der Waals surface area contributed by atoms with Crippen LogP contribution in [0.2, 0.25) is 0 Å². The summed E-state index contributed by atoms with van der Waals surface area (Å²) in [5.41, 5.74) is 2.75.